The zero-order valence-corrected chi connectivity index (χ0v) is 12.1. The lowest BCUT2D eigenvalue weighted by Crippen LogP contribution is -2.33. The van der Waals surface area contributed by atoms with E-state index in [-0.39, 0.29) is 11.5 Å². The van der Waals surface area contributed by atoms with Gasteiger partial charge in [0.25, 0.3) is 5.91 Å². The maximum atomic E-state index is 11.6. The van der Waals surface area contributed by atoms with Crippen LogP contribution in [0.5, 0.6) is 0 Å². The Morgan fingerprint density at radius 2 is 2.18 bits per heavy atom. The molecule has 122 valence electrons. The fourth-order valence-electron chi connectivity index (χ4n) is 2.10. The molecule has 4 atom stereocenters. The predicted octanol–water partition coefficient (Wildman–Crippen LogP) is -1.85. The number of hydrogen-bond acceptors (Lipinski definition) is 8. The molecular weight excluding hydrogens is 296 g/mol. The number of carbonyl (C=O) groups is 1. The van der Waals surface area contributed by atoms with Crippen molar-refractivity contribution in [1.29, 1.82) is 0 Å². The van der Waals surface area contributed by atoms with Gasteiger partial charge in [0.05, 0.1) is 6.61 Å². The van der Waals surface area contributed by atoms with Gasteiger partial charge >= 0.3 is 0 Å². The highest BCUT2D eigenvalue weighted by Gasteiger charge is 2.44. The van der Waals surface area contributed by atoms with Crippen molar-refractivity contribution >= 4 is 11.7 Å². The van der Waals surface area contributed by atoms with Crippen LogP contribution in [0.25, 0.3) is 0 Å². The summed E-state index contributed by atoms with van der Waals surface area (Å²) in [5.74, 6) is -0.887. The normalized spacial score (nSPS) is 28.4. The zero-order valence-electron chi connectivity index (χ0n) is 12.1. The number of amides is 1. The summed E-state index contributed by atoms with van der Waals surface area (Å²) in [6.45, 7) is -0.484. The minimum absolute atomic E-state index is 0.0426. The van der Waals surface area contributed by atoms with Crippen LogP contribution >= 0.6 is 0 Å². The Balaban J connectivity index is 2.38. The Labute approximate surface area is 125 Å². The fourth-order valence-corrected chi connectivity index (χ4v) is 2.10. The van der Waals surface area contributed by atoms with Gasteiger partial charge in [-0.25, -0.2) is 4.98 Å². The maximum Gasteiger partial charge on any atom is 0.269 e. The standard InChI is InChI=1S/C11H18N6O5/c1-16(2)15-14-10-6(9(12)21)17(4-13-10)11-8(20)7(19)5(3-18)22-11/h4-5,7-8,11,18-20H,3H2,1-2H3,(H2,12,21). The summed E-state index contributed by atoms with van der Waals surface area (Å²) in [5, 5.41) is 37.8. The van der Waals surface area contributed by atoms with Crippen LogP contribution in [0.2, 0.25) is 0 Å². The molecule has 2 rings (SSSR count). The SMILES string of the molecule is CN(C)N=Nc1ncn(C2OC(CO)C(O)C2O)c1C(N)=O. The fraction of sp³-hybridized carbons (Fsp3) is 0.636. The van der Waals surface area contributed by atoms with Crippen LogP contribution in [0.3, 0.4) is 0 Å². The summed E-state index contributed by atoms with van der Waals surface area (Å²) in [4.78, 5) is 15.5. The lowest BCUT2D eigenvalue weighted by molar-refractivity contribution is -0.0534. The third kappa shape index (κ3) is 2.92. The van der Waals surface area contributed by atoms with Crippen molar-refractivity contribution in [3.63, 3.8) is 0 Å². The van der Waals surface area contributed by atoms with Gasteiger partial charge in [-0.3, -0.25) is 14.4 Å². The first-order valence-corrected chi connectivity index (χ1v) is 6.44. The van der Waals surface area contributed by atoms with E-state index in [0.29, 0.717) is 0 Å². The molecule has 11 heteroatoms. The number of carbonyl (C=O) groups excluding carboxylic acids is 1. The number of imidazole rings is 1. The Morgan fingerprint density at radius 1 is 1.50 bits per heavy atom. The van der Waals surface area contributed by atoms with Gasteiger partial charge < -0.3 is 25.8 Å². The van der Waals surface area contributed by atoms with Crippen LogP contribution in [-0.4, -0.2) is 74.8 Å². The van der Waals surface area contributed by atoms with E-state index in [0.717, 1.165) is 4.57 Å². The van der Waals surface area contributed by atoms with E-state index in [2.05, 4.69) is 15.3 Å². The molecular formula is C11H18N6O5. The average molecular weight is 314 g/mol. The summed E-state index contributed by atoms with van der Waals surface area (Å²) in [6.07, 6.45) is -3.56. The quantitative estimate of drug-likeness (QED) is 0.367. The molecule has 0 bridgehead atoms. The van der Waals surface area contributed by atoms with E-state index in [9.17, 15) is 15.0 Å². The second kappa shape index (κ2) is 6.36. The van der Waals surface area contributed by atoms with Gasteiger partial charge in [0, 0.05) is 14.1 Å². The molecule has 1 aliphatic heterocycles. The first-order chi connectivity index (χ1) is 10.4. The van der Waals surface area contributed by atoms with Crippen molar-refractivity contribution in [3.05, 3.63) is 12.0 Å². The number of aliphatic hydroxyl groups is 3. The Hall–Kier alpha value is -2.08. The number of primary amides is 1. The van der Waals surface area contributed by atoms with Crippen LogP contribution in [0.15, 0.2) is 16.7 Å². The number of rotatable bonds is 5. The predicted molar refractivity (Wildman–Crippen MR) is 72.0 cm³/mol. The number of hydrogen-bond donors (Lipinski definition) is 4. The topological polar surface area (TPSA) is 159 Å². The van der Waals surface area contributed by atoms with Crippen LogP contribution in [-0.2, 0) is 4.74 Å². The summed E-state index contributed by atoms with van der Waals surface area (Å²) in [5.41, 5.74) is 5.19. The molecule has 0 spiro atoms. The molecule has 1 aromatic heterocycles. The van der Waals surface area contributed by atoms with Gasteiger partial charge in [0.2, 0.25) is 5.82 Å². The van der Waals surface area contributed by atoms with Crippen LogP contribution < -0.4 is 5.73 Å². The highest BCUT2D eigenvalue weighted by atomic mass is 16.6. The molecule has 0 aromatic carbocycles. The van der Waals surface area contributed by atoms with Gasteiger partial charge in [0.15, 0.2) is 11.9 Å². The summed E-state index contributed by atoms with van der Waals surface area (Å²) < 4.78 is 6.50. The number of nitrogens with two attached hydrogens (primary N) is 1. The Bertz CT molecular complexity index is 573. The highest BCUT2D eigenvalue weighted by molar-refractivity contribution is 5.95. The molecule has 1 aromatic rings. The van der Waals surface area contributed by atoms with Gasteiger partial charge in [-0.05, 0) is 0 Å². The third-order valence-electron chi connectivity index (χ3n) is 3.12. The molecule has 0 aliphatic carbocycles. The molecule has 4 unspecified atom stereocenters. The summed E-state index contributed by atoms with van der Waals surface area (Å²) in [6, 6.07) is 0. The van der Waals surface area contributed by atoms with E-state index >= 15 is 0 Å². The smallest absolute Gasteiger partial charge is 0.269 e. The van der Waals surface area contributed by atoms with Crippen molar-refractivity contribution in [1.82, 2.24) is 14.6 Å². The second-order valence-corrected chi connectivity index (χ2v) is 4.95. The minimum atomic E-state index is -1.36. The van der Waals surface area contributed by atoms with E-state index < -0.39 is 37.1 Å². The van der Waals surface area contributed by atoms with Crippen molar-refractivity contribution < 1.29 is 24.9 Å². The van der Waals surface area contributed by atoms with Crippen molar-refractivity contribution in [2.24, 2.45) is 16.1 Å². The molecule has 2 heterocycles. The first kappa shape index (κ1) is 16.3. The number of aliphatic hydroxyl groups excluding tert-OH is 3. The average Bonchev–Trinajstić information content (AvgIpc) is 2.99. The largest absolute Gasteiger partial charge is 0.394 e. The molecule has 1 amide bonds. The van der Waals surface area contributed by atoms with Gasteiger partial charge in [0.1, 0.15) is 24.6 Å². The molecule has 5 N–H and O–H groups in total. The highest BCUT2D eigenvalue weighted by Crippen LogP contribution is 2.32. The lowest BCUT2D eigenvalue weighted by atomic mass is 10.1. The molecule has 1 saturated heterocycles. The zero-order chi connectivity index (χ0) is 16.4. The van der Waals surface area contributed by atoms with E-state index in [1.54, 1.807) is 14.1 Å². The van der Waals surface area contributed by atoms with Crippen LogP contribution in [0.4, 0.5) is 5.82 Å². The monoisotopic (exact) mass is 314 g/mol. The number of aromatic nitrogens is 2. The third-order valence-corrected chi connectivity index (χ3v) is 3.12. The molecule has 11 nitrogen and oxygen atoms in total. The van der Waals surface area contributed by atoms with Crippen molar-refractivity contribution in [2.75, 3.05) is 20.7 Å². The first-order valence-electron chi connectivity index (χ1n) is 6.44. The van der Waals surface area contributed by atoms with Gasteiger partial charge in [-0.15, -0.1) is 5.11 Å². The van der Waals surface area contributed by atoms with Crippen LogP contribution in [0, 0.1) is 0 Å². The van der Waals surface area contributed by atoms with Crippen molar-refractivity contribution in [3.8, 4) is 0 Å². The number of nitrogens with zero attached hydrogens (tertiary/aromatic N) is 5. The number of ether oxygens (including phenoxy) is 1. The Kier molecular flexibility index (Phi) is 4.71. The molecule has 1 aliphatic rings. The molecule has 22 heavy (non-hydrogen) atoms. The van der Waals surface area contributed by atoms with Crippen molar-refractivity contribution in [2.45, 2.75) is 24.5 Å². The molecule has 1 fully saturated rings. The maximum absolute atomic E-state index is 11.6. The lowest BCUT2D eigenvalue weighted by Gasteiger charge is -2.17. The Morgan fingerprint density at radius 3 is 2.68 bits per heavy atom. The minimum Gasteiger partial charge on any atom is -0.394 e. The van der Waals surface area contributed by atoms with E-state index in [1.165, 1.54) is 11.3 Å². The van der Waals surface area contributed by atoms with E-state index in [4.69, 9.17) is 15.6 Å². The van der Waals surface area contributed by atoms with Gasteiger partial charge in [-0.2, -0.15) is 0 Å². The van der Waals surface area contributed by atoms with Crippen LogP contribution in [0.1, 0.15) is 16.7 Å². The second-order valence-electron chi connectivity index (χ2n) is 4.95. The van der Waals surface area contributed by atoms with Gasteiger partial charge in [-0.1, -0.05) is 5.22 Å². The molecule has 0 saturated carbocycles. The molecule has 0 radical (unpaired) electrons. The summed E-state index contributed by atoms with van der Waals surface area (Å²) in [7, 11) is 3.27. The summed E-state index contributed by atoms with van der Waals surface area (Å²) >= 11 is 0. The van der Waals surface area contributed by atoms with E-state index in [1.807, 2.05) is 0 Å².